The summed E-state index contributed by atoms with van der Waals surface area (Å²) in [6.45, 7) is 1.47. The normalized spacial score (nSPS) is 11.8. The molecule has 4 heteroatoms. The number of carboxylic acid groups (broad SMARTS) is 1. The van der Waals surface area contributed by atoms with Crippen LogP contribution in [0.4, 0.5) is 0 Å². The predicted molar refractivity (Wildman–Crippen MR) is 36.5 cm³/mol. The van der Waals surface area contributed by atoms with Crippen LogP contribution in [0.15, 0.2) is 0 Å². The maximum atomic E-state index is 10.0. The maximum Gasteiger partial charge on any atom is 2.00 e. The second-order valence-corrected chi connectivity index (χ2v) is 1.63. The molecule has 0 heterocycles. The third-order valence-corrected chi connectivity index (χ3v) is 1.06. The zero-order valence-electron chi connectivity index (χ0n) is 7.50. The summed E-state index contributed by atoms with van der Waals surface area (Å²) in [6, 6.07) is 0. The molecule has 0 bridgehead atoms. The van der Waals surface area contributed by atoms with E-state index in [0.29, 0.717) is 6.42 Å². The maximum absolute atomic E-state index is 10.0. The first-order valence-corrected chi connectivity index (χ1v) is 2.56. The number of carbonyl (C=O) groups is 1. The first-order chi connectivity index (χ1) is 3.72. The summed E-state index contributed by atoms with van der Waals surface area (Å²) >= 11 is 0. The Morgan fingerprint density at radius 1 is 1.78 bits per heavy atom. The number of carboxylic acids is 1. The van der Waals surface area contributed by atoms with E-state index >= 15 is 0 Å². The van der Waals surface area contributed by atoms with Crippen molar-refractivity contribution < 1.29 is 17.9 Å². The van der Waals surface area contributed by atoms with Crippen LogP contribution < -0.4 is 0 Å². The number of hydrogen-bond acceptors (Lipinski definition) is 2. The Kier molecular flexibility index (Phi) is 8.37. The summed E-state index contributed by atoms with van der Waals surface area (Å²) in [6.07, 6.45) is 0.492. The number of rotatable bonds is 3. The van der Waals surface area contributed by atoms with E-state index in [1.54, 1.807) is 6.92 Å². The van der Waals surface area contributed by atoms with Crippen molar-refractivity contribution in [3.8, 4) is 0 Å². The minimum absolute atomic E-state index is 0. The van der Waals surface area contributed by atoms with Crippen LogP contribution in [-0.4, -0.2) is 45.8 Å². The van der Waals surface area contributed by atoms with Gasteiger partial charge in [0.05, 0.1) is 12.5 Å². The molecule has 0 aliphatic carbocycles. The molecule has 0 aromatic heterocycles. The molecule has 0 saturated heterocycles. The van der Waals surface area contributed by atoms with Crippen LogP contribution in [0.2, 0.25) is 0 Å². The molecule has 0 fully saturated rings. The molecule has 0 radical (unpaired) electrons. The van der Waals surface area contributed by atoms with Crippen LogP contribution in [0.5, 0.6) is 0 Å². The van der Waals surface area contributed by atoms with E-state index in [0.717, 1.165) is 0 Å². The molecule has 1 atom stereocenters. The summed E-state index contributed by atoms with van der Waals surface area (Å²) in [7, 11) is 0. The van der Waals surface area contributed by atoms with Crippen molar-refractivity contribution in [1.82, 2.24) is 0 Å². The van der Waals surface area contributed by atoms with Gasteiger partial charge in [-0.2, -0.15) is 0 Å². The molecular formula is C5H12MgO3. The second kappa shape index (κ2) is 6.32. The minimum atomic E-state index is -0.921. The number of aliphatic carboxylic acids is 1. The van der Waals surface area contributed by atoms with Crippen molar-refractivity contribution >= 4 is 29.0 Å². The van der Waals surface area contributed by atoms with Gasteiger partial charge in [0.1, 0.15) is 0 Å². The average molecular weight is 144 g/mol. The Labute approximate surface area is 73.2 Å². The first-order valence-electron chi connectivity index (χ1n) is 2.56. The standard InChI is InChI=1S/C5H10O3.Mg.2H/c1-2-4(3-6)5(7)8;;;/h4,6H,2-3H2,1H3,(H,7,8);;;/q;+2;2*-1. The van der Waals surface area contributed by atoms with Gasteiger partial charge < -0.3 is 13.1 Å². The van der Waals surface area contributed by atoms with E-state index in [1.165, 1.54) is 0 Å². The van der Waals surface area contributed by atoms with Crippen molar-refractivity contribution in [2.75, 3.05) is 6.61 Å². The van der Waals surface area contributed by atoms with Crippen LogP contribution in [-0.2, 0) is 4.79 Å². The van der Waals surface area contributed by atoms with Crippen LogP contribution >= 0.6 is 0 Å². The second-order valence-electron chi connectivity index (χ2n) is 1.63. The Morgan fingerprint density at radius 3 is 2.22 bits per heavy atom. The van der Waals surface area contributed by atoms with E-state index in [2.05, 4.69) is 0 Å². The van der Waals surface area contributed by atoms with E-state index in [-0.39, 0.29) is 32.5 Å². The third-order valence-electron chi connectivity index (χ3n) is 1.06. The first kappa shape index (κ1) is 11.9. The van der Waals surface area contributed by atoms with Gasteiger partial charge in [0.15, 0.2) is 0 Å². The topological polar surface area (TPSA) is 57.5 Å². The largest absolute Gasteiger partial charge is 2.00 e. The molecule has 3 nitrogen and oxygen atoms in total. The molecule has 0 rings (SSSR count). The van der Waals surface area contributed by atoms with Crippen LogP contribution in [0, 0.1) is 5.92 Å². The molecule has 0 aromatic rings. The molecule has 9 heavy (non-hydrogen) atoms. The molecule has 2 N–H and O–H groups in total. The fourth-order valence-electron chi connectivity index (χ4n) is 0.382. The van der Waals surface area contributed by atoms with E-state index in [1.807, 2.05) is 0 Å². The zero-order chi connectivity index (χ0) is 6.57. The molecule has 0 saturated carbocycles. The van der Waals surface area contributed by atoms with Gasteiger partial charge in [-0.3, -0.25) is 4.79 Å². The molecule has 0 aliphatic heterocycles. The van der Waals surface area contributed by atoms with Crippen LogP contribution in [0.3, 0.4) is 0 Å². The average Bonchev–Trinajstić information content (AvgIpc) is 1.69. The Morgan fingerprint density at radius 2 is 2.22 bits per heavy atom. The summed E-state index contributed by atoms with van der Waals surface area (Å²) in [5.41, 5.74) is 0. The Bertz CT molecular complexity index is 87.8. The predicted octanol–water partition coefficient (Wildman–Crippen LogP) is -0.0663. The quantitative estimate of drug-likeness (QED) is 0.546. The number of aliphatic hydroxyl groups is 1. The summed E-state index contributed by atoms with van der Waals surface area (Å²) in [4.78, 5) is 10.0. The zero-order valence-corrected chi connectivity index (χ0v) is 6.92. The summed E-state index contributed by atoms with van der Waals surface area (Å²) in [5.74, 6) is -1.50. The van der Waals surface area contributed by atoms with Gasteiger partial charge in [-0.05, 0) is 6.42 Å². The molecule has 0 spiro atoms. The third kappa shape index (κ3) is 4.68. The number of hydrogen-bond donors (Lipinski definition) is 2. The monoisotopic (exact) mass is 144 g/mol. The van der Waals surface area contributed by atoms with Gasteiger partial charge in [0, 0.05) is 0 Å². The Balaban J connectivity index is -0.0000000817. The van der Waals surface area contributed by atoms with Crippen LogP contribution in [0.25, 0.3) is 0 Å². The molecule has 1 unspecified atom stereocenters. The van der Waals surface area contributed by atoms with Gasteiger partial charge in [-0.25, -0.2) is 0 Å². The summed E-state index contributed by atoms with van der Waals surface area (Å²) < 4.78 is 0. The van der Waals surface area contributed by atoms with E-state index < -0.39 is 11.9 Å². The molecule has 0 aromatic carbocycles. The van der Waals surface area contributed by atoms with Gasteiger partial charge in [0.25, 0.3) is 0 Å². The van der Waals surface area contributed by atoms with Gasteiger partial charge >= 0.3 is 29.0 Å². The molecule has 0 amide bonds. The number of aliphatic hydroxyl groups excluding tert-OH is 1. The minimum Gasteiger partial charge on any atom is -1.00 e. The van der Waals surface area contributed by atoms with Gasteiger partial charge in [0.2, 0.25) is 0 Å². The van der Waals surface area contributed by atoms with Crippen molar-refractivity contribution in [2.24, 2.45) is 5.92 Å². The summed E-state index contributed by atoms with van der Waals surface area (Å²) in [5, 5.41) is 16.5. The van der Waals surface area contributed by atoms with Crippen LogP contribution in [0.1, 0.15) is 16.2 Å². The van der Waals surface area contributed by atoms with Crippen molar-refractivity contribution in [3.05, 3.63) is 0 Å². The van der Waals surface area contributed by atoms with Gasteiger partial charge in [-0.1, -0.05) is 6.92 Å². The fraction of sp³-hybridized carbons (Fsp3) is 0.800. The molecular weight excluding hydrogens is 132 g/mol. The van der Waals surface area contributed by atoms with E-state index in [9.17, 15) is 4.79 Å². The van der Waals surface area contributed by atoms with Crippen molar-refractivity contribution in [2.45, 2.75) is 13.3 Å². The molecule has 52 valence electrons. The van der Waals surface area contributed by atoms with Crippen molar-refractivity contribution in [3.63, 3.8) is 0 Å². The smallest absolute Gasteiger partial charge is 1.00 e. The molecule has 0 aliphatic rings. The van der Waals surface area contributed by atoms with Crippen molar-refractivity contribution in [1.29, 1.82) is 0 Å². The van der Waals surface area contributed by atoms with Gasteiger partial charge in [-0.15, -0.1) is 0 Å². The van der Waals surface area contributed by atoms with E-state index in [4.69, 9.17) is 10.2 Å². The fourth-order valence-corrected chi connectivity index (χ4v) is 0.382. The SMILES string of the molecule is CCC(CO)C(=O)O.[H-].[H-].[Mg+2]. The Hall–Kier alpha value is 0.196.